The van der Waals surface area contributed by atoms with Gasteiger partial charge in [-0.2, -0.15) is 0 Å². The summed E-state index contributed by atoms with van der Waals surface area (Å²) in [6, 6.07) is 13.1. The Morgan fingerprint density at radius 1 is 1.16 bits per heavy atom. The lowest BCUT2D eigenvalue weighted by molar-refractivity contribution is -0.121. The number of amides is 2. The summed E-state index contributed by atoms with van der Waals surface area (Å²) in [5.74, 6) is -0.790. The second kappa shape index (κ2) is 7.19. The van der Waals surface area contributed by atoms with Gasteiger partial charge < -0.3 is 4.90 Å². The van der Waals surface area contributed by atoms with E-state index in [1.807, 2.05) is 16.9 Å². The Labute approximate surface area is 157 Å². The zero-order valence-electron chi connectivity index (χ0n) is 12.8. The number of thioether (sulfide) groups is 1. The molecule has 2 aromatic carbocycles. The predicted octanol–water partition coefficient (Wildman–Crippen LogP) is 2.39. The van der Waals surface area contributed by atoms with Gasteiger partial charge in [0.2, 0.25) is 5.91 Å². The first-order valence-corrected chi connectivity index (χ1v) is 10.5. The van der Waals surface area contributed by atoms with Crippen LogP contribution in [0.4, 0.5) is 5.69 Å². The number of hydrogen-bond acceptors (Lipinski definition) is 5. The van der Waals surface area contributed by atoms with E-state index >= 15 is 0 Å². The van der Waals surface area contributed by atoms with Gasteiger partial charge in [0.05, 0.1) is 16.3 Å². The van der Waals surface area contributed by atoms with Crippen LogP contribution in [-0.4, -0.2) is 32.5 Å². The van der Waals surface area contributed by atoms with E-state index in [0.29, 0.717) is 5.69 Å². The van der Waals surface area contributed by atoms with Crippen LogP contribution in [0.5, 0.6) is 0 Å². The summed E-state index contributed by atoms with van der Waals surface area (Å²) in [7, 11) is -3.99. The number of halogens is 1. The number of carbonyl (C=O) groups is 2. The summed E-state index contributed by atoms with van der Waals surface area (Å²) in [6.45, 7) is -0.355. The molecule has 3 rings (SSSR count). The lowest BCUT2D eigenvalue weighted by Gasteiger charge is -2.28. The van der Waals surface area contributed by atoms with Crippen LogP contribution in [0.1, 0.15) is 0 Å². The number of rotatable bonds is 4. The maximum absolute atomic E-state index is 12.3. The van der Waals surface area contributed by atoms with Crippen LogP contribution in [0, 0.1) is 0 Å². The van der Waals surface area contributed by atoms with Crippen LogP contribution < -0.4 is 9.62 Å². The molecule has 9 heteroatoms. The summed E-state index contributed by atoms with van der Waals surface area (Å²) in [5, 5.41) is 0. The fourth-order valence-electron chi connectivity index (χ4n) is 2.33. The van der Waals surface area contributed by atoms with Gasteiger partial charge in [-0.05, 0) is 36.4 Å². The van der Waals surface area contributed by atoms with E-state index in [9.17, 15) is 18.0 Å². The summed E-state index contributed by atoms with van der Waals surface area (Å²) in [5.41, 5.74) is 0.611. The van der Waals surface area contributed by atoms with Crippen molar-refractivity contribution < 1.29 is 18.0 Å². The van der Waals surface area contributed by atoms with Gasteiger partial charge in [0.1, 0.15) is 6.54 Å². The molecule has 0 aromatic heterocycles. The van der Waals surface area contributed by atoms with E-state index < -0.39 is 15.9 Å². The maximum atomic E-state index is 12.3. The van der Waals surface area contributed by atoms with Crippen LogP contribution in [0.3, 0.4) is 0 Å². The van der Waals surface area contributed by atoms with Crippen molar-refractivity contribution in [2.75, 3.05) is 17.2 Å². The fraction of sp³-hybridized carbons (Fsp3) is 0.125. The smallest absolute Gasteiger partial charge is 0.264 e. The van der Waals surface area contributed by atoms with Crippen LogP contribution in [0.25, 0.3) is 0 Å². The van der Waals surface area contributed by atoms with E-state index in [-0.39, 0.29) is 23.1 Å². The van der Waals surface area contributed by atoms with Gasteiger partial charge in [-0.15, -0.1) is 11.8 Å². The third kappa shape index (κ3) is 4.05. The van der Waals surface area contributed by atoms with Gasteiger partial charge in [0, 0.05) is 9.37 Å². The molecule has 0 unspecified atom stereocenters. The average Bonchev–Trinajstić information content (AvgIpc) is 2.57. The lowest BCUT2D eigenvalue weighted by atomic mass is 10.2. The van der Waals surface area contributed by atoms with E-state index in [1.54, 1.807) is 24.3 Å². The molecule has 0 atom stereocenters. The van der Waals surface area contributed by atoms with Crippen molar-refractivity contribution in [2.45, 2.75) is 9.79 Å². The van der Waals surface area contributed by atoms with Gasteiger partial charge in [0.25, 0.3) is 15.9 Å². The molecule has 1 heterocycles. The Hall–Kier alpha value is -1.84. The molecule has 0 saturated carbocycles. The monoisotopic (exact) mass is 440 g/mol. The molecule has 1 N–H and O–H groups in total. The number of benzene rings is 2. The Bertz CT molecular complexity index is 929. The van der Waals surface area contributed by atoms with Crippen LogP contribution in [0.15, 0.2) is 62.8 Å². The highest BCUT2D eigenvalue weighted by Gasteiger charge is 2.27. The van der Waals surface area contributed by atoms with Crippen molar-refractivity contribution in [3.8, 4) is 0 Å². The Kier molecular flexibility index (Phi) is 5.16. The van der Waals surface area contributed by atoms with Crippen molar-refractivity contribution in [3.05, 3.63) is 53.0 Å². The third-order valence-corrected chi connectivity index (χ3v) is 6.45. The topological polar surface area (TPSA) is 83.6 Å². The van der Waals surface area contributed by atoms with Gasteiger partial charge in [0.15, 0.2) is 0 Å². The minimum absolute atomic E-state index is 0.0232. The highest BCUT2D eigenvalue weighted by atomic mass is 79.9. The molecule has 2 aromatic rings. The molecule has 0 fully saturated rings. The highest BCUT2D eigenvalue weighted by Crippen LogP contribution is 2.34. The summed E-state index contributed by atoms with van der Waals surface area (Å²) in [6.07, 6.45) is 0. The van der Waals surface area contributed by atoms with Crippen LogP contribution in [0.2, 0.25) is 0 Å². The number of hydrogen-bond donors (Lipinski definition) is 1. The Balaban J connectivity index is 1.76. The molecule has 130 valence electrons. The van der Waals surface area contributed by atoms with E-state index in [0.717, 1.165) is 9.37 Å². The van der Waals surface area contributed by atoms with Crippen molar-refractivity contribution in [1.82, 2.24) is 4.72 Å². The van der Waals surface area contributed by atoms with Crippen LogP contribution >= 0.6 is 27.7 Å². The minimum Gasteiger partial charge on any atom is -0.301 e. The van der Waals surface area contributed by atoms with Crippen molar-refractivity contribution >= 4 is 55.2 Å². The van der Waals surface area contributed by atoms with E-state index in [1.165, 1.54) is 28.8 Å². The predicted molar refractivity (Wildman–Crippen MR) is 99.0 cm³/mol. The second-order valence-electron chi connectivity index (χ2n) is 5.22. The highest BCUT2D eigenvalue weighted by molar-refractivity contribution is 9.10. The van der Waals surface area contributed by atoms with Crippen LogP contribution in [-0.2, 0) is 19.6 Å². The van der Waals surface area contributed by atoms with Gasteiger partial charge in [-0.1, -0.05) is 28.1 Å². The summed E-state index contributed by atoms with van der Waals surface area (Å²) in [4.78, 5) is 26.5. The normalized spacial score (nSPS) is 14.1. The van der Waals surface area contributed by atoms with Gasteiger partial charge in [-0.3, -0.25) is 9.59 Å². The Morgan fingerprint density at radius 3 is 2.56 bits per heavy atom. The largest absolute Gasteiger partial charge is 0.301 e. The van der Waals surface area contributed by atoms with Gasteiger partial charge >= 0.3 is 0 Å². The molecular formula is C16H13BrN2O4S2. The van der Waals surface area contributed by atoms with Crippen molar-refractivity contribution in [3.63, 3.8) is 0 Å². The van der Waals surface area contributed by atoms with E-state index in [2.05, 4.69) is 15.9 Å². The number of nitrogens with zero attached hydrogens (tertiary/aromatic N) is 1. The molecule has 0 bridgehead atoms. The first kappa shape index (κ1) is 18.0. The zero-order chi connectivity index (χ0) is 18.0. The molecule has 0 radical (unpaired) electrons. The van der Waals surface area contributed by atoms with Gasteiger partial charge in [-0.25, -0.2) is 13.1 Å². The quantitative estimate of drug-likeness (QED) is 0.788. The lowest BCUT2D eigenvalue weighted by Crippen LogP contribution is -2.44. The number of anilines is 1. The molecule has 1 aliphatic heterocycles. The van der Waals surface area contributed by atoms with Crippen molar-refractivity contribution in [2.24, 2.45) is 0 Å². The number of para-hydroxylation sites is 1. The molecule has 6 nitrogen and oxygen atoms in total. The number of sulfonamides is 1. The summed E-state index contributed by atoms with van der Waals surface area (Å²) < 4.78 is 27.3. The first-order chi connectivity index (χ1) is 11.9. The third-order valence-electron chi connectivity index (χ3n) is 3.48. The first-order valence-electron chi connectivity index (χ1n) is 7.20. The minimum atomic E-state index is -3.99. The SMILES string of the molecule is O=C(CN1C(=O)CSc2ccccc21)NS(=O)(=O)c1ccc(Br)cc1. The molecular weight excluding hydrogens is 428 g/mol. The Morgan fingerprint density at radius 2 is 1.84 bits per heavy atom. The van der Waals surface area contributed by atoms with Crippen molar-refractivity contribution in [1.29, 1.82) is 0 Å². The molecule has 0 saturated heterocycles. The standard InChI is InChI=1S/C16H13BrN2O4S2/c17-11-5-7-12(8-6-11)25(22,23)18-15(20)9-19-13-3-1-2-4-14(13)24-10-16(19)21/h1-8H,9-10H2,(H,18,20). The summed E-state index contributed by atoms with van der Waals surface area (Å²) >= 11 is 4.62. The number of nitrogens with one attached hydrogen (secondary N) is 1. The zero-order valence-corrected chi connectivity index (χ0v) is 16.0. The average molecular weight is 441 g/mol. The molecule has 1 aliphatic rings. The maximum Gasteiger partial charge on any atom is 0.264 e. The van der Waals surface area contributed by atoms with E-state index in [4.69, 9.17) is 0 Å². The number of carbonyl (C=O) groups excluding carboxylic acids is 2. The fourth-order valence-corrected chi connectivity index (χ4v) is 4.50. The second-order valence-corrected chi connectivity index (χ2v) is 8.83. The molecule has 0 spiro atoms. The molecule has 0 aliphatic carbocycles. The number of fused-ring (bicyclic) bond motifs is 1. The molecule has 2 amide bonds. The molecule has 25 heavy (non-hydrogen) atoms.